The van der Waals surface area contributed by atoms with Crippen LogP contribution < -0.4 is 21.7 Å². The van der Waals surface area contributed by atoms with Crippen molar-refractivity contribution in [2.45, 2.75) is 26.8 Å². The van der Waals surface area contributed by atoms with E-state index in [0.29, 0.717) is 17.8 Å². The van der Waals surface area contributed by atoms with Crippen molar-refractivity contribution in [2.75, 3.05) is 23.7 Å². The molecular formula is C14H22N4O2. The fraction of sp³-hybridized carbons (Fsp3) is 0.429. The first-order valence-electron chi connectivity index (χ1n) is 6.58. The SMILES string of the molecule is CCN(CC(=O)NC(C)C)c1ccc(C(N)=O)cc1N. The number of hydrogen-bond donors (Lipinski definition) is 3. The summed E-state index contributed by atoms with van der Waals surface area (Å²) in [7, 11) is 0. The molecule has 0 aliphatic heterocycles. The van der Waals surface area contributed by atoms with Crippen LogP contribution in [-0.2, 0) is 4.79 Å². The molecule has 1 aromatic rings. The number of carbonyl (C=O) groups excluding carboxylic acids is 2. The summed E-state index contributed by atoms with van der Waals surface area (Å²) in [6.45, 7) is 6.60. The van der Waals surface area contributed by atoms with Crippen LogP contribution in [0.15, 0.2) is 18.2 Å². The van der Waals surface area contributed by atoms with Crippen LogP contribution in [0.4, 0.5) is 11.4 Å². The van der Waals surface area contributed by atoms with Gasteiger partial charge in [0.25, 0.3) is 0 Å². The normalized spacial score (nSPS) is 10.4. The molecule has 0 heterocycles. The van der Waals surface area contributed by atoms with E-state index in [4.69, 9.17) is 11.5 Å². The number of benzene rings is 1. The fourth-order valence-corrected chi connectivity index (χ4v) is 1.90. The third-order valence-electron chi connectivity index (χ3n) is 2.82. The second kappa shape index (κ2) is 6.79. The highest BCUT2D eigenvalue weighted by molar-refractivity contribution is 5.95. The number of primary amides is 1. The average Bonchev–Trinajstić information content (AvgIpc) is 2.35. The predicted octanol–water partition coefficient (Wildman–Crippen LogP) is 0.719. The minimum atomic E-state index is -0.524. The van der Waals surface area contributed by atoms with Gasteiger partial charge in [-0.15, -0.1) is 0 Å². The van der Waals surface area contributed by atoms with Crippen molar-refractivity contribution in [1.82, 2.24) is 5.32 Å². The summed E-state index contributed by atoms with van der Waals surface area (Å²) in [5.41, 5.74) is 12.6. The molecule has 0 fully saturated rings. The standard InChI is InChI=1S/C14H22N4O2/c1-4-18(8-13(19)17-9(2)3)12-6-5-10(14(16)20)7-11(12)15/h5-7,9H,4,8,15H2,1-3H3,(H2,16,20)(H,17,19). The lowest BCUT2D eigenvalue weighted by Gasteiger charge is -2.24. The largest absolute Gasteiger partial charge is 0.397 e. The Morgan fingerprint density at radius 3 is 2.45 bits per heavy atom. The zero-order chi connectivity index (χ0) is 15.3. The van der Waals surface area contributed by atoms with Gasteiger partial charge in [0.15, 0.2) is 0 Å². The molecule has 0 radical (unpaired) electrons. The molecule has 6 heteroatoms. The first kappa shape index (κ1) is 15.8. The van der Waals surface area contributed by atoms with Gasteiger partial charge in [-0.25, -0.2) is 0 Å². The topological polar surface area (TPSA) is 101 Å². The minimum Gasteiger partial charge on any atom is -0.397 e. The molecule has 0 saturated carbocycles. The smallest absolute Gasteiger partial charge is 0.248 e. The Hall–Kier alpha value is -2.24. The molecule has 20 heavy (non-hydrogen) atoms. The lowest BCUT2D eigenvalue weighted by atomic mass is 10.1. The number of nitrogen functional groups attached to an aromatic ring is 1. The van der Waals surface area contributed by atoms with Gasteiger partial charge in [0.05, 0.1) is 17.9 Å². The molecule has 0 bridgehead atoms. The molecule has 0 aliphatic rings. The van der Waals surface area contributed by atoms with Gasteiger partial charge in [0.1, 0.15) is 0 Å². The highest BCUT2D eigenvalue weighted by atomic mass is 16.2. The molecular weight excluding hydrogens is 256 g/mol. The number of nitrogens with zero attached hydrogens (tertiary/aromatic N) is 1. The van der Waals surface area contributed by atoms with Gasteiger partial charge in [-0.3, -0.25) is 9.59 Å². The van der Waals surface area contributed by atoms with Crippen LogP contribution in [0, 0.1) is 0 Å². The molecule has 1 aromatic carbocycles. The molecule has 0 spiro atoms. The maximum atomic E-state index is 11.8. The number of amides is 2. The van der Waals surface area contributed by atoms with Gasteiger partial charge in [-0.1, -0.05) is 0 Å². The summed E-state index contributed by atoms with van der Waals surface area (Å²) in [6, 6.07) is 4.94. The van der Waals surface area contributed by atoms with E-state index in [1.165, 1.54) is 6.07 Å². The Bertz CT molecular complexity index is 500. The van der Waals surface area contributed by atoms with Crippen molar-refractivity contribution < 1.29 is 9.59 Å². The summed E-state index contributed by atoms with van der Waals surface area (Å²) in [4.78, 5) is 24.8. The maximum Gasteiger partial charge on any atom is 0.248 e. The predicted molar refractivity (Wildman–Crippen MR) is 80.5 cm³/mol. The quantitative estimate of drug-likeness (QED) is 0.667. The first-order valence-corrected chi connectivity index (χ1v) is 6.58. The first-order chi connectivity index (χ1) is 9.35. The van der Waals surface area contributed by atoms with Crippen LogP contribution in [0.25, 0.3) is 0 Å². The summed E-state index contributed by atoms with van der Waals surface area (Å²) >= 11 is 0. The Morgan fingerprint density at radius 1 is 1.35 bits per heavy atom. The van der Waals surface area contributed by atoms with E-state index in [9.17, 15) is 9.59 Å². The Balaban J connectivity index is 2.90. The minimum absolute atomic E-state index is 0.0692. The van der Waals surface area contributed by atoms with E-state index in [1.807, 2.05) is 25.7 Å². The van der Waals surface area contributed by atoms with Crippen molar-refractivity contribution in [3.8, 4) is 0 Å². The van der Waals surface area contributed by atoms with Crippen LogP contribution >= 0.6 is 0 Å². The maximum absolute atomic E-state index is 11.8. The molecule has 0 saturated heterocycles. The molecule has 5 N–H and O–H groups in total. The van der Waals surface area contributed by atoms with Crippen molar-refractivity contribution in [2.24, 2.45) is 5.73 Å². The molecule has 0 unspecified atom stereocenters. The molecule has 6 nitrogen and oxygen atoms in total. The third kappa shape index (κ3) is 4.15. The summed E-state index contributed by atoms with van der Waals surface area (Å²) in [5.74, 6) is -0.593. The number of nitrogens with one attached hydrogen (secondary N) is 1. The third-order valence-corrected chi connectivity index (χ3v) is 2.82. The van der Waals surface area contributed by atoms with E-state index in [1.54, 1.807) is 12.1 Å². The van der Waals surface area contributed by atoms with Crippen LogP contribution in [-0.4, -0.2) is 30.9 Å². The molecule has 2 amide bonds. The highest BCUT2D eigenvalue weighted by Crippen LogP contribution is 2.24. The number of likely N-dealkylation sites (N-methyl/N-ethyl adjacent to an activating group) is 1. The summed E-state index contributed by atoms with van der Waals surface area (Å²) in [5, 5.41) is 2.83. The number of hydrogen-bond acceptors (Lipinski definition) is 4. The van der Waals surface area contributed by atoms with E-state index in [2.05, 4.69) is 5.32 Å². The van der Waals surface area contributed by atoms with Gasteiger partial charge in [0, 0.05) is 18.2 Å². The zero-order valence-electron chi connectivity index (χ0n) is 12.1. The molecule has 1 rings (SSSR count). The van der Waals surface area contributed by atoms with Crippen LogP contribution in [0.3, 0.4) is 0 Å². The number of rotatable bonds is 6. The van der Waals surface area contributed by atoms with Gasteiger partial charge in [-0.05, 0) is 39.0 Å². The number of anilines is 2. The molecule has 0 aromatic heterocycles. The van der Waals surface area contributed by atoms with Gasteiger partial charge in [0.2, 0.25) is 11.8 Å². The van der Waals surface area contributed by atoms with Crippen LogP contribution in [0.5, 0.6) is 0 Å². The number of nitrogens with two attached hydrogens (primary N) is 2. The monoisotopic (exact) mass is 278 g/mol. The second-order valence-electron chi connectivity index (χ2n) is 4.87. The van der Waals surface area contributed by atoms with Crippen molar-refractivity contribution in [1.29, 1.82) is 0 Å². The van der Waals surface area contributed by atoms with E-state index in [0.717, 1.165) is 5.69 Å². The second-order valence-corrected chi connectivity index (χ2v) is 4.87. The highest BCUT2D eigenvalue weighted by Gasteiger charge is 2.14. The lowest BCUT2D eigenvalue weighted by Crippen LogP contribution is -2.40. The van der Waals surface area contributed by atoms with Crippen LogP contribution in [0.1, 0.15) is 31.1 Å². The fourth-order valence-electron chi connectivity index (χ4n) is 1.90. The van der Waals surface area contributed by atoms with E-state index in [-0.39, 0.29) is 18.5 Å². The Labute approximate surface area is 119 Å². The summed E-state index contributed by atoms with van der Waals surface area (Å²) in [6.07, 6.45) is 0. The van der Waals surface area contributed by atoms with Gasteiger partial charge < -0.3 is 21.7 Å². The van der Waals surface area contributed by atoms with Gasteiger partial charge in [-0.2, -0.15) is 0 Å². The lowest BCUT2D eigenvalue weighted by molar-refractivity contribution is -0.120. The molecule has 110 valence electrons. The summed E-state index contributed by atoms with van der Waals surface area (Å²) < 4.78 is 0. The molecule has 0 atom stereocenters. The average molecular weight is 278 g/mol. The van der Waals surface area contributed by atoms with Crippen LogP contribution in [0.2, 0.25) is 0 Å². The Kier molecular flexibility index (Phi) is 5.37. The van der Waals surface area contributed by atoms with E-state index >= 15 is 0 Å². The zero-order valence-corrected chi connectivity index (χ0v) is 12.1. The van der Waals surface area contributed by atoms with E-state index < -0.39 is 5.91 Å². The van der Waals surface area contributed by atoms with Crippen molar-refractivity contribution in [3.63, 3.8) is 0 Å². The Morgan fingerprint density at radius 2 is 2.00 bits per heavy atom. The van der Waals surface area contributed by atoms with Crippen molar-refractivity contribution in [3.05, 3.63) is 23.8 Å². The van der Waals surface area contributed by atoms with Gasteiger partial charge >= 0.3 is 0 Å². The van der Waals surface area contributed by atoms with Crippen molar-refractivity contribution >= 4 is 23.2 Å². The molecule has 0 aliphatic carbocycles. The number of carbonyl (C=O) groups is 2.